The monoisotopic (exact) mass is 388 g/mol. The number of urea groups is 1. The van der Waals surface area contributed by atoms with Crippen molar-refractivity contribution in [2.45, 2.75) is 18.9 Å². The summed E-state index contributed by atoms with van der Waals surface area (Å²) in [7, 11) is 0. The molecule has 7 nitrogen and oxygen atoms in total. The van der Waals surface area contributed by atoms with E-state index in [4.69, 9.17) is 9.15 Å². The smallest absolute Gasteiger partial charge is 0.321 e. The number of hydrogen-bond donors (Lipinski definition) is 1. The van der Waals surface area contributed by atoms with Crippen LogP contribution in [0.1, 0.15) is 12.8 Å². The number of nitrogens with zero attached hydrogens (tertiary/aromatic N) is 3. The Hall–Kier alpha value is -3.61. The first kappa shape index (κ1) is 17.5. The van der Waals surface area contributed by atoms with Crippen molar-refractivity contribution in [2.75, 3.05) is 18.4 Å². The first-order valence-corrected chi connectivity index (χ1v) is 9.66. The average molecular weight is 388 g/mol. The van der Waals surface area contributed by atoms with Gasteiger partial charge in [0.05, 0.1) is 6.20 Å². The SMILES string of the molecule is O=C(Nc1ccc2c(c1)oc1ccccc12)N1CCC(Oc2cnccn2)CC1. The minimum absolute atomic E-state index is 0.0441. The van der Waals surface area contributed by atoms with Gasteiger partial charge in [-0.2, -0.15) is 0 Å². The van der Waals surface area contributed by atoms with Crippen LogP contribution in [-0.2, 0) is 0 Å². The summed E-state index contributed by atoms with van der Waals surface area (Å²) < 4.78 is 11.7. The van der Waals surface area contributed by atoms with Gasteiger partial charge in [0, 0.05) is 60.9 Å². The van der Waals surface area contributed by atoms with Crippen molar-refractivity contribution in [2.24, 2.45) is 0 Å². The second-order valence-corrected chi connectivity index (χ2v) is 7.09. The lowest BCUT2D eigenvalue weighted by molar-refractivity contribution is 0.111. The van der Waals surface area contributed by atoms with Crippen molar-refractivity contribution in [3.8, 4) is 5.88 Å². The van der Waals surface area contributed by atoms with Gasteiger partial charge in [-0.1, -0.05) is 18.2 Å². The van der Waals surface area contributed by atoms with Crippen molar-refractivity contribution in [3.63, 3.8) is 0 Å². The summed E-state index contributed by atoms with van der Waals surface area (Å²) in [5.41, 5.74) is 2.33. The highest BCUT2D eigenvalue weighted by atomic mass is 16.5. The fourth-order valence-corrected chi connectivity index (χ4v) is 3.70. The van der Waals surface area contributed by atoms with Crippen LogP contribution in [0, 0.1) is 0 Å². The van der Waals surface area contributed by atoms with Crippen LogP contribution in [0.25, 0.3) is 21.9 Å². The number of anilines is 1. The zero-order chi connectivity index (χ0) is 19.6. The molecule has 0 unspecified atom stereocenters. The number of likely N-dealkylation sites (tertiary alicyclic amines) is 1. The van der Waals surface area contributed by atoms with Crippen molar-refractivity contribution in [1.29, 1.82) is 0 Å². The number of para-hydroxylation sites is 1. The van der Waals surface area contributed by atoms with E-state index >= 15 is 0 Å². The molecule has 7 heteroatoms. The number of benzene rings is 2. The normalized spacial score (nSPS) is 15.0. The van der Waals surface area contributed by atoms with Crippen LogP contribution < -0.4 is 10.1 Å². The van der Waals surface area contributed by atoms with E-state index in [9.17, 15) is 4.79 Å². The lowest BCUT2D eigenvalue weighted by Crippen LogP contribution is -2.43. The Kier molecular flexibility index (Phi) is 4.48. The first-order valence-electron chi connectivity index (χ1n) is 9.66. The van der Waals surface area contributed by atoms with Crippen LogP contribution in [0.5, 0.6) is 5.88 Å². The minimum atomic E-state index is -0.113. The molecule has 0 spiro atoms. The van der Waals surface area contributed by atoms with Crippen LogP contribution in [0.2, 0.25) is 0 Å². The summed E-state index contributed by atoms with van der Waals surface area (Å²) in [6.07, 6.45) is 6.38. The van der Waals surface area contributed by atoms with Crippen LogP contribution in [0.15, 0.2) is 65.5 Å². The van der Waals surface area contributed by atoms with E-state index in [0.717, 1.165) is 40.5 Å². The minimum Gasteiger partial charge on any atom is -0.473 e. The van der Waals surface area contributed by atoms with E-state index in [2.05, 4.69) is 15.3 Å². The zero-order valence-electron chi connectivity index (χ0n) is 15.7. The molecular formula is C22H20N4O3. The zero-order valence-corrected chi connectivity index (χ0v) is 15.7. The van der Waals surface area contributed by atoms with Gasteiger partial charge in [-0.3, -0.25) is 4.98 Å². The van der Waals surface area contributed by atoms with E-state index in [1.165, 1.54) is 0 Å². The van der Waals surface area contributed by atoms with E-state index in [1.54, 1.807) is 23.5 Å². The molecule has 29 heavy (non-hydrogen) atoms. The number of carbonyl (C=O) groups is 1. The number of ether oxygens (including phenoxy) is 1. The predicted molar refractivity (Wildman–Crippen MR) is 110 cm³/mol. The molecule has 4 aromatic rings. The van der Waals surface area contributed by atoms with Gasteiger partial charge in [-0.05, 0) is 18.2 Å². The van der Waals surface area contributed by atoms with Crippen molar-refractivity contribution in [3.05, 3.63) is 61.1 Å². The molecule has 1 N–H and O–H groups in total. The summed E-state index contributed by atoms with van der Waals surface area (Å²) in [5, 5.41) is 5.09. The topological polar surface area (TPSA) is 80.5 Å². The molecule has 2 amide bonds. The fourth-order valence-electron chi connectivity index (χ4n) is 3.70. The summed E-state index contributed by atoms with van der Waals surface area (Å²) in [5.74, 6) is 0.523. The highest BCUT2D eigenvalue weighted by molar-refractivity contribution is 6.06. The predicted octanol–water partition coefficient (Wildman–Crippen LogP) is 4.45. The number of fused-ring (bicyclic) bond motifs is 3. The Morgan fingerprint density at radius 1 is 1.07 bits per heavy atom. The van der Waals surface area contributed by atoms with Crippen molar-refractivity contribution >= 4 is 33.7 Å². The molecule has 1 saturated heterocycles. The fraction of sp³-hybridized carbons (Fsp3) is 0.227. The van der Waals surface area contributed by atoms with Crippen molar-refractivity contribution < 1.29 is 13.9 Å². The standard InChI is InChI=1S/C22H20N4O3/c27-22(26-11-7-16(8-12-26)28-21-14-23-9-10-24-21)25-15-5-6-18-17-3-1-2-4-19(17)29-20(18)13-15/h1-6,9-10,13-14,16H,7-8,11-12H2,(H,25,27). The third-order valence-corrected chi connectivity index (χ3v) is 5.19. The Balaban J connectivity index is 1.22. The molecule has 1 fully saturated rings. The number of rotatable bonds is 3. The molecule has 0 saturated carbocycles. The van der Waals surface area contributed by atoms with E-state index in [1.807, 2.05) is 42.5 Å². The van der Waals surface area contributed by atoms with Gasteiger partial charge in [0.15, 0.2) is 0 Å². The highest BCUT2D eigenvalue weighted by Crippen LogP contribution is 2.30. The molecule has 1 aliphatic heterocycles. The van der Waals surface area contributed by atoms with Crippen molar-refractivity contribution in [1.82, 2.24) is 14.9 Å². The second kappa shape index (κ2) is 7.43. The van der Waals surface area contributed by atoms with E-state index in [-0.39, 0.29) is 12.1 Å². The third-order valence-electron chi connectivity index (χ3n) is 5.19. The largest absolute Gasteiger partial charge is 0.473 e. The first-order chi connectivity index (χ1) is 14.3. The Morgan fingerprint density at radius 3 is 2.72 bits per heavy atom. The molecule has 1 aliphatic rings. The molecule has 5 rings (SSSR count). The lowest BCUT2D eigenvalue weighted by Gasteiger charge is -2.31. The average Bonchev–Trinajstić information content (AvgIpc) is 3.13. The number of amides is 2. The molecular weight excluding hydrogens is 368 g/mol. The number of aromatic nitrogens is 2. The molecule has 0 bridgehead atoms. The van der Waals surface area contributed by atoms with Crippen LogP contribution >= 0.6 is 0 Å². The van der Waals surface area contributed by atoms with Gasteiger partial charge >= 0.3 is 6.03 Å². The molecule has 2 aromatic carbocycles. The van der Waals surface area contributed by atoms with Gasteiger partial charge in [-0.15, -0.1) is 0 Å². The maximum atomic E-state index is 12.7. The Labute approximate surface area is 167 Å². The molecule has 0 radical (unpaired) electrons. The van der Waals surface area contributed by atoms with Crippen LogP contribution in [0.4, 0.5) is 10.5 Å². The quantitative estimate of drug-likeness (QED) is 0.561. The summed E-state index contributed by atoms with van der Waals surface area (Å²) >= 11 is 0. The maximum Gasteiger partial charge on any atom is 0.321 e. The molecule has 3 heterocycles. The number of furan rings is 1. The Morgan fingerprint density at radius 2 is 1.90 bits per heavy atom. The summed E-state index contributed by atoms with van der Waals surface area (Å²) in [6, 6.07) is 13.6. The van der Waals surface area contributed by atoms with Gasteiger partial charge in [0.25, 0.3) is 0 Å². The molecule has 0 atom stereocenters. The molecule has 2 aromatic heterocycles. The van der Waals surface area contributed by atoms with E-state index in [0.29, 0.717) is 19.0 Å². The van der Waals surface area contributed by atoms with Crippen LogP contribution in [0.3, 0.4) is 0 Å². The van der Waals surface area contributed by atoms with Crippen LogP contribution in [-0.4, -0.2) is 40.1 Å². The van der Waals surface area contributed by atoms with Gasteiger partial charge in [0.2, 0.25) is 5.88 Å². The molecule has 0 aliphatic carbocycles. The second-order valence-electron chi connectivity index (χ2n) is 7.09. The maximum absolute atomic E-state index is 12.7. The third kappa shape index (κ3) is 3.59. The lowest BCUT2D eigenvalue weighted by atomic mass is 10.1. The van der Waals surface area contributed by atoms with Gasteiger partial charge < -0.3 is 19.4 Å². The number of piperidine rings is 1. The highest BCUT2D eigenvalue weighted by Gasteiger charge is 2.24. The van der Waals surface area contributed by atoms with Gasteiger partial charge in [0.1, 0.15) is 17.3 Å². The number of nitrogens with one attached hydrogen (secondary N) is 1. The van der Waals surface area contributed by atoms with E-state index < -0.39 is 0 Å². The number of hydrogen-bond acceptors (Lipinski definition) is 5. The number of carbonyl (C=O) groups excluding carboxylic acids is 1. The Bertz CT molecular complexity index is 1150. The molecule has 146 valence electrons. The summed E-state index contributed by atoms with van der Waals surface area (Å²) in [4.78, 5) is 22.6. The summed E-state index contributed by atoms with van der Waals surface area (Å²) in [6.45, 7) is 1.26. The van der Waals surface area contributed by atoms with Gasteiger partial charge in [-0.25, -0.2) is 9.78 Å².